The number of nitrogens with one attached hydrogen (secondary N) is 5. The predicted molar refractivity (Wildman–Crippen MR) is 256 cm³/mol. The number of rotatable bonds is 13. The summed E-state index contributed by atoms with van der Waals surface area (Å²) in [6, 6.07) is 13.6. The van der Waals surface area contributed by atoms with Crippen molar-refractivity contribution in [1.82, 2.24) is 35.7 Å². The third-order valence-electron chi connectivity index (χ3n) is 12.2. The van der Waals surface area contributed by atoms with Crippen LogP contribution in [0.2, 0.25) is 0 Å². The number of anilines is 2. The number of carbonyl (C=O) groups is 5. The molecule has 7 rings (SSSR count). The minimum absolute atomic E-state index is 0.0163. The van der Waals surface area contributed by atoms with Crippen molar-refractivity contribution >= 4 is 52.2 Å². The van der Waals surface area contributed by atoms with Crippen molar-refractivity contribution in [2.75, 3.05) is 56.5 Å². The van der Waals surface area contributed by atoms with Gasteiger partial charge in [0.25, 0.3) is 11.8 Å². The molecule has 70 heavy (non-hydrogen) atoms. The lowest BCUT2D eigenvalue weighted by Gasteiger charge is -2.35. The summed E-state index contributed by atoms with van der Waals surface area (Å²) in [5.41, 5.74) is 0.718. The van der Waals surface area contributed by atoms with Crippen LogP contribution in [0.1, 0.15) is 64.7 Å². The smallest absolute Gasteiger partial charge is 0.391 e. The molecule has 21 heteroatoms. The first-order valence-electron chi connectivity index (χ1n) is 22.4. The van der Waals surface area contributed by atoms with Gasteiger partial charge in [-0.3, -0.25) is 28.8 Å². The van der Waals surface area contributed by atoms with Crippen LogP contribution in [0.15, 0.2) is 83.2 Å². The van der Waals surface area contributed by atoms with Gasteiger partial charge in [0.2, 0.25) is 23.3 Å². The number of aliphatic hydroxyl groups is 1. The number of alkyl halides is 3. The van der Waals surface area contributed by atoms with Crippen molar-refractivity contribution in [2.24, 2.45) is 5.41 Å². The molecule has 2 aromatic heterocycles. The lowest BCUT2D eigenvalue weighted by molar-refractivity contribution is -0.143. The molecule has 2 aliphatic rings. The second-order valence-electron chi connectivity index (χ2n) is 18.4. The molecule has 2 saturated heterocycles. The minimum atomic E-state index is -5.03. The van der Waals surface area contributed by atoms with Gasteiger partial charge in [0.05, 0.1) is 51.2 Å². The van der Waals surface area contributed by atoms with E-state index in [9.17, 15) is 47.0 Å². The van der Waals surface area contributed by atoms with Crippen LogP contribution < -0.4 is 31.7 Å². The van der Waals surface area contributed by atoms with Crippen LogP contribution in [0.25, 0.3) is 21.6 Å². The molecule has 3 atom stereocenters. The average molecular weight is 988 g/mol. The third-order valence-corrected chi connectivity index (χ3v) is 13.2. The summed E-state index contributed by atoms with van der Waals surface area (Å²) in [4.78, 5) is 92.6. The number of β-amino-alcohol motifs (C(OH)–C–C–N with tert-alkyl or cyclic N) is 1. The van der Waals surface area contributed by atoms with E-state index >= 15 is 4.39 Å². The highest BCUT2D eigenvalue weighted by molar-refractivity contribution is 7.13. The Bertz CT molecular complexity index is 2840. The third kappa shape index (κ3) is 11.9. The van der Waals surface area contributed by atoms with E-state index in [1.54, 1.807) is 38.4 Å². The highest BCUT2D eigenvalue weighted by atomic mass is 32.1. The maximum atomic E-state index is 15.6. The second-order valence-corrected chi connectivity index (χ2v) is 19.3. The van der Waals surface area contributed by atoms with E-state index in [0.29, 0.717) is 38.1 Å². The van der Waals surface area contributed by atoms with Crippen LogP contribution in [0.3, 0.4) is 0 Å². The first kappa shape index (κ1) is 50.9. The van der Waals surface area contributed by atoms with Gasteiger partial charge in [-0.05, 0) is 66.4 Å². The molecule has 0 spiro atoms. The Hall–Kier alpha value is -6.97. The van der Waals surface area contributed by atoms with E-state index in [4.69, 9.17) is 0 Å². The molecule has 2 aliphatic heterocycles. The molecule has 16 nitrogen and oxygen atoms in total. The number of carbonyl (C=O) groups excluding carboxylic acids is 5. The quantitative estimate of drug-likeness (QED) is 0.0853. The molecule has 2 fully saturated rings. The number of aryl methyl sites for hydroxylation is 1. The Labute approximate surface area is 404 Å². The first-order chi connectivity index (χ1) is 33.1. The molecule has 0 bridgehead atoms. The summed E-state index contributed by atoms with van der Waals surface area (Å²) in [5, 5.41) is 21.2. The van der Waals surface area contributed by atoms with Crippen molar-refractivity contribution in [1.29, 1.82) is 0 Å². The van der Waals surface area contributed by atoms with Gasteiger partial charge in [-0.1, -0.05) is 51.1 Å². The largest absolute Gasteiger partial charge is 0.417 e. The maximum Gasteiger partial charge on any atom is 0.417 e. The first-order valence-corrected chi connectivity index (χ1v) is 23.3. The number of nitrogens with zero attached hydrogens (tertiary/aromatic N) is 4. The van der Waals surface area contributed by atoms with Gasteiger partial charge in [0.15, 0.2) is 0 Å². The van der Waals surface area contributed by atoms with E-state index in [1.165, 1.54) is 34.4 Å². The lowest BCUT2D eigenvalue weighted by Crippen LogP contribution is -2.58. The normalized spacial score (nSPS) is 16.9. The zero-order chi connectivity index (χ0) is 50.7. The molecule has 0 aliphatic carbocycles. The van der Waals surface area contributed by atoms with Gasteiger partial charge in [-0.25, -0.2) is 9.37 Å². The monoisotopic (exact) mass is 987 g/mol. The van der Waals surface area contributed by atoms with Crippen molar-refractivity contribution in [3.05, 3.63) is 123 Å². The van der Waals surface area contributed by atoms with Crippen LogP contribution >= 0.6 is 11.3 Å². The number of H-pyrrole nitrogens is 1. The zero-order valence-corrected chi connectivity index (χ0v) is 39.8. The Morgan fingerprint density at radius 2 is 1.61 bits per heavy atom. The number of piperazine rings is 1. The second kappa shape index (κ2) is 20.9. The lowest BCUT2D eigenvalue weighted by atomic mass is 9.85. The standard InChI is InChI=1S/C49H53F4N9O7S/c1-27-42(70-26-57-27)29-8-6-28(7-9-29)22-55-46(68)39-20-32(63)25-62(39)47(69)43(48(2,3)4)59-41(65)24-56-44(66)31-10-12-36(50)33(18-31)30-11-13-38(61-16-14-60(5)15-17-61)37(19-30)58-45(67)34-23-54-40(64)21-35(34)49(51,52)53/h6-13,18-19,21,23,26,32,39,43,63H,14-17,20,22,24-25H2,1-5H3,(H,54,64)(H,55,68)(H,56,66)(H,58,67)(H,59,65). The fourth-order valence-electron chi connectivity index (χ4n) is 8.35. The molecule has 5 aromatic rings. The topological polar surface area (TPSA) is 209 Å². The van der Waals surface area contributed by atoms with Crippen LogP contribution in [0.5, 0.6) is 0 Å². The molecule has 3 aromatic carbocycles. The van der Waals surface area contributed by atoms with Gasteiger partial charge in [-0.2, -0.15) is 13.2 Å². The summed E-state index contributed by atoms with van der Waals surface area (Å²) in [6.45, 7) is 8.75. The van der Waals surface area contributed by atoms with Gasteiger partial charge < -0.3 is 46.1 Å². The summed E-state index contributed by atoms with van der Waals surface area (Å²) in [7, 11) is 1.93. The van der Waals surface area contributed by atoms with Crippen molar-refractivity contribution in [2.45, 2.75) is 65.0 Å². The molecular weight excluding hydrogens is 935 g/mol. The number of halogens is 4. The minimum Gasteiger partial charge on any atom is -0.391 e. The van der Waals surface area contributed by atoms with Crippen molar-refractivity contribution in [3.63, 3.8) is 0 Å². The number of benzene rings is 3. The number of aliphatic hydroxyl groups excluding tert-OH is 1. The van der Waals surface area contributed by atoms with Gasteiger partial charge >= 0.3 is 6.18 Å². The van der Waals surface area contributed by atoms with Crippen LogP contribution in [0, 0.1) is 18.2 Å². The number of aromatic nitrogens is 2. The van der Waals surface area contributed by atoms with Gasteiger partial charge in [-0.15, -0.1) is 11.3 Å². The van der Waals surface area contributed by atoms with Crippen molar-refractivity contribution < 1.29 is 46.6 Å². The zero-order valence-electron chi connectivity index (χ0n) is 39.0. The number of amides is 5. The van der Waals surface area contributed by atoms with E-state index in [2.05, 4.69) is 36.1 Å². The highest BCUT2D eigenvalue weighted by Gasteiger charge is 2.44. The molecule has 0 saturated carbocycles. The number of likely N-dealkylation sites (N-methyl/N-ethyl adjacent to an activating group) is 1. The Morgan fingerprint density at radius 3 is 2.27 bits per heavy atom. The van der Waals surface area contributed by atoms with Gasteiger partial charge in [0, 0.05) is 69.1 Å². The molecule has 6 N–H and O–H groups in total. The molecule has 0 radical (unpaired) electrons. The average Bonchev–Trinajstić information content (AvgIpc) is 3.93. The SMILES string of the molecule is Cc1ncsc1-c1ccc(CNC(=O)C2CC(O)CN2C(=O)C(NC(=O)CNC(=O)c2ccc(F)c(-c3ccc(N4CCN(C)CC4)c(NC(=O)c4c[nH]c(=O)cc4C(F)(F)F)c3)c2)C(C)(C)C)cc1. The summed E-state index contributed by atoms with van der Waals surface area (Å²) in [5.74, 6) is -4.58. The number of thiazole rings is 1. The van der Waals surface area contributed by atoms with Gasteiger partial charge in [0.1, 0.15) is 17.9 Å². The summed E-state index contributed by atoms with van der Waals surface area (Å²) < 4.78 is 57.4. The number of hydrogen-bond donors (Lipinski definition) is 6. The van der Waals surface area contributed by atoms with E-state index < -0.39 is 88.4 Å². The van der Waals surface area contributed by atoms with E-state index in [1.807, 2.05) is 43.1 Å². The molecule has 3 unspecified atom stereocenters. The molecule has 370 valence electrons. The Balaban J connectivity index is 1.03. The van der Waals surface area contributed by atoms with Crippen LogP contribution in [-0.2, 0) is 27.1 Å². The van der Waals surface area contributed by atoms with E-state index in [-0.39, 0.29) is 48.0 Å². The highest BCUT2D eigenvalue weighted by Crippen LogP contribution is 2.36. The summed E-state index contributed by atoms with van der Waals surface area (Å²) in [6.07, 6.45) is -5.37. The van der Waals surface area contributed by atoms with E-state index in [0.717, 1.165) is 27.8 Å². The summed E-state index contributed by atoms with van der Waals surface area (Å²) >= 11 is 1.53. The Morgan fingerprint density at radius 1 is 0.914 bits per heavy atom. The number of hydrogen-bond acceptors (Lipinski definition) is 11. The maximum absolute atomic E-state index is 15.6. The number of likely N-dealkylation sites (tertiary alicyclic amines) is 1. The molecular formula is C49H53F4N9O7S. The predicted octanol–water partition coefficient (Wildman–Crippen LogP) is 5.17. The Kier molecular flexibility index (Phi) is 15.2. The number of pyridine rings is 1. The molecule has 4 heterocycles. The van der Waals surface area contributed by atoms with Crippen LogP contribution in [0.4, 0.5) is 28.9 Å². The fourth-order valence-corrected chi connectivity index (χ4v) is 9.16. The van der Waals surface area contributed by atoms with Crippen molar-refractivity contribution in [3.8, 4) is 21.6 Å². The fraction of sp³-hybridized carbons (Fsp3) is 0.367. The van der Waals surface area contributed by atoms with Crippen LogP contribution in [-0.4, -0.2) is 119 Å². The molecule has 5 amide bonds. The number of aromatic amines is 1.